The zero-order valence-corrected chi connectivity index (χ0v) is 18.5. The number of rotatable bonds is 4. The third kappa shape index (κ3) is 3.90. The molecule has 2 heterocycles. The molecule has 1 aliphatic rings. The van der Waals surface area contributed by atoms with Crippen LogP contribution < -0.4 is 9.54 Å². The summed E-state index contributed by atoms with van der Waals surface area (Å²) in [5.41, 5.74) is 3.78. The summed E-state index contributed by atoms with van der Waals surface area (Å²) in [4.78, 5) is 22.5. The van der Waals surface area contributed by atoms with Crippen molar-refractivity contribution in [3.63, 3.8) is 0 Å². The number of aliphatic imine (C=N–C) groups is 1. The Morgan fingerprint density at radius 2 is 1.76 bits per heavy atom. The summed E-state index contributed by atoms with van der Waals surface area (Å²) in [6.07, 6.45) is 3.62. The van der Waals surface area contributed by atoms with E-state index >= 15 is 0 Å². The normalized spacial score (nSPS) is 14.0. The van der Waals surface area contributed by atoms with E-state index in [2.05, 4.69) is 9.98 Å². The van der Waals surface area contributed by atoms with Crippen molar-refractivity contribution in [2.45, 2.75) is 0 Å². The van der Waals surface area contributed by atoms with Crippen molar-refractivity contribution in [3.8, 4) is 17.3 Å². The fraction of sp³-hybridized carbons (Fsp3) is 0.0385. The molecule has 33 heavy (non-hydrogen) atoms. The molecule has 1 amide bonds. The summed E-state index contributed by atoms with van der Waals surface area (Å²) >= 11 is 1.22. The Labute approximate surface area is 194 Å². The molecule has 7 heteroatoms. The number of allylic oxidation sites excluding steroid dienone is 1. The molecule has 0 spiro atoms. The van der Waals surface area contributed by atoms with Gasteiger partial charge in [0.15, 0.2) is 0 Å². The average Bonchev–Trinajstić information content (AvgIpc) is 3.40. The minimum atomic E-state index is -0.396. The lowest BCUT2D eigenvalue weighted by atomic mass is 10.1. The van der Waals surface area contributed by atoms with Crippen LogP contribution in [0.4, 0.5) is 5.69 Å². The number of thiazole rings is 1. The largest absolute Gasteiger partial charge is 0.495 e. The summed E-state index contributed by atoms with van der Waals surface area (Å²) in [6, 6.07) is 23.9. The van der Waals surface area contributed by atoms with Gasteiger partial charge in [-0.25, -0.2) is 0 Å². The van der Waals surface area contributed by atoms with Crippen LogP contribution in [0.2, 0.25) is 0 Å². The molecule has 162 valence electrons. The number of ether oxygens (including phenoxy) is 1. The highest BCUT2D eigenvalue weighted by Gasteiger charge is 2.19. The Bertz CT molecular complexity index is 1480. The standard InChI is InChI=1S/C26H19N3O3S/c1-32-22-14-8-7-13-21(22)29-25(31)23(15-18-16-27-20-12-6-5-11-19(18)20)33-26(29)28-24(30)17-9-3-2-4-10-17/h2-16,31H,1H3/b18-15+,28-26?. The highest BCUT2D eigenvalue weighted by molar-refractivity contribution is 7.10. The number of para-hydroxylation sites is 3. The number of carbonyl (C=O) groups excluding carboxylic acids is 1. The molecule has 0 atom stereocenters. The molecule has 5 rings (SSSR count). The molecule has 4 aromatic rings. The van der Waals surface area contributed by atoms with E-state index in [0.717, 1.165) is 16.8 Å². The van der Waals surface area contributed by atoms with E-state index in [1.165, 1.54) is 15.9 Å². The van der Waals surface area contributed by atoms with Gasteiger partial charge in [0.1, 0.15) is 5.75 Å². The summed E-state index contributed by atoms with van der Waals surface area (Å²) in [5.74, 6) is 0.119. The Balaban J connectivity index is 1.70. The highest BCUT2D eigenvalue weighted by atomic mass is 32.1. The predicted molar refractivity (Wildman–Crippen MR) is 131 cm³/mol. The van der Waals surface area contributed by atoms with Crippen LogP contribution in [0.3, 0.4) is 0 Å². The molecule has 0 aliphatic carbocycles. The second kappa shape index (κ2) is 8.72. The molecule has 0 radical (unpaired) electrons. The fourth-order valence-corrected chi connectivity index (χ4v) is 4.59. The SMILES string of the molecule is COc1ccccc1-n1c(O)c(/C=C2\C=Nc3ccccc32)sc1=NC(=O)c1ccccc1. The number of methoxy groups -OCH3 is 1. The lowest BCUT2D eigenvalue weighted by Gasteiger charge is -2.10. The molecule has 1 aromatic heterocycles. The molecular weight excluding hydrogens is 434 g/mol. The summed E-state index contributed by atoms with van der Waals surface area (Å²) < 4.78 is 7.03. The van der Waals surface area contributed by atoms with E-state index in [1.54, 1.807) is 49.7 Å². The number of amides is 1. The van der Waals surface area contributed by atoms with Crippen LogP contribution in [-0.4, -0.2) is 28.9 Å². The van der Waals surface area contributed by atoms with E-state index in [9.17, 15) is 9.90 Å². The lowest BCUT2D eigenvalue weighted by molar-refractivity contribution is 0.0998. The maximum Gasteiger partial charge on any atom is 0.279 e. The van der Waals surface area contributed by atoms with Crippen LogP contribution in [-0.2, 0) is 0 Å². The predicted octanol–water partition coefficient (Wildman–Crippen LogP) is 5.25. The van der Waals surface area contributed by atoms with Crippen molar-refractivity contribution >= 4 is 40.8 Å². The number of hydrogen-bond acceptors (Lipinski definition) is 5. The fourth-order valence-electron chi connectivity index (χ4n) is 3.62. The van der Waals surface area contributed by atoms with Gasteiger partial charge in [-0.1, -0.05) is 59.9 Å². The van der Waals surface area contributed by atoms with Crippen molar-refractivity contribution < 1.29 is 14.6 Å². The van der Waals surface area contributed by atoms with Crippen LogP contribution in [0.1, 0.15) is 20.8 Å². The molecule has 0 fully saturated rings. The van der Waals surface area contributed by atoms with Gasteiger partial charge in [0.05, 0.1) is 23.4 Å². The van der Waals surface area contributed by atoms with Crippen LogP contribution in [0.5, 0.6) is 11.6 Å². The second-order valence-electron chi connectivity index (χ2n) is 7.24. The molecule has 3 aromatic carbocycles. The van der Waals surface area contributed by atoms with Crippen LogP contribution in [0.15, 0.2) is 88.8 Å². The van der Waals surface area contributed by atoms with Gasteiger partial charge in [0.25, 0.3) is 5.91 Å². The smallest absolute Gasteiger partial charge is 0.279 e. The van der Waals surface area contributed by atoms with Crippen molar-refractivity contribution in [2.24, 2.45) is 9.98 Å². The van der Waals surface area contributed by atoms with Gasteiger partial charge in [0, 0.05) is 22.9 Å². The van der Waals surface area contributed by atoms with Crippen LogP contribution in [0.25, 0.3) is 17.3 Å². The summed E-state index contributed by atoms with van der Waals surface area (Å²) in [6.45, 7) is 0. The van der Waals surface area contributed by atoms with Gasteiger partial charge in [-0.15, -0.1) is 0 Å². The molecule has 1 N–H and O–H groups in total. The number of hydrogen-bond donors (Lipinski definition) is 1. The van der Waals surface area contributed by atoms with Gasteiger partial charge in [-0.05, 0) is 36.4 Å². The van der Waals surface area contributed by atoms with Crippen molar-refractivity contribution in [1.29, 1.82) is 0 Å². The van der Waals surface area contributed by atoms with Gasteiger partial charge < -0.3 is 9.84 Å². The molecule has 6 nitrogen and oxygen atoms in total. The number of carbonyl (C=O) groups is 1. The molecule has 0 saturated carbocycles. The zero-order valence-electron chi connectivity index (χ0n) is 17.7. The minimum Gasteiger partial charge on any atom is -0.495 e. The van der Waals surface area contributed by atoms with Crippen molar-refractivity contribution in [2.75, 3.05) is 7.11 Å². The van der Waals surface area contributed by atoms with Gasteiger partial charge in [0.2, 0.25) is 10.7 Å². The van der Waals surface area contributed by atoms with Gasteiger partial charge in [-0.3, -0.25) is 14.4 Å². The minimum absolute atomic E-state index is 0.0330. The highest BCUT2D eigenvalue weighted by Crippen LogP contribution is 2.36. The molecule has 0 unspecified atom stereocenters. The van der Waals surface area contributed by atoms with Crippen LogP contribution >= 0.6 is 11.3 Å². The lowest BCUT2D eigenvalue weighted by Crippen LogP contribution is -2.15. The third-order valence-electron chi connectivity index (χ3n) is 5.21. The molecule has 0 saturated heterocycles. The maximum atomic E-state index is 12.9. The Morgan fingerprint density at radius 1 is 1.03 bits per heavy atom. The van der Waals surface area contributed by atoms with E-state index in [-0.39, 0.29) is 5.88 Å². The molecule has 1 aliphatic heterocycles. The second-order valence-corrected chi connectivity index (χ2v) is 8.25. The van der Waals surface area contributed by atoms with Gasteiger partial charge >= 0.3 is 0 Å². The van der Waals surface area contributed by atoms with Crippen LogP contribution in [0, 0.1) is 0 Å². The Hall–Kier alpha value is -4.23. The Kier molecular flexibility index (Phi) is 5.46. The maximum absolute atomic E-state index is 12.9. The first-order valence-electron chi connectivity index (χ1n) is 10.2. The average molecular weight is 454 g/mol. The third-order valence-corrected chi connectivity index (χ3v) is 6.19. The van der Waals surface area contributed by atoms with E-state index in [1.807, 2.05) is 48.5 Å². The number of aromatic hydroxyl groups is 1. The Morgan fingerprint density at radius 3 is 2.58 bits per heavy atom. The summed E-state index contributed by atoms with van der Waals surface area (Å²) in [5, 5.41) is 11.2. The summed E-state index contributed by atoms with van der Waals surface area (Å²) in [7, 11) is 1.56. The number of nitrogens with zero attached hydrogens (tertiary/aromatic N) is 3. The first-order chi connectivity index (χ1) is 16.2. The van der Waals surface area contributed by atoms with Crippen molar-refractivity contribution in [3.05, 3.63) is 99.7 Å². The molecule has 0 bridgehead atoms. The quantitative estimate of drug-likeness (QED) is 0.458. The monoisotopic (exact) mass is 453 g/mol. The number of aromatic nitrogens is 1. The zero-order chi connectivity index (χ0) is 22.8. The number of fused-ring (bicyclic) bond motifs is 1. The van der Waals surface area contributed by atoms with E-state index in [4.69, 9.17) is 4.74 Å². The van der Waals surface area contributed by atoms with Gasteiger partial charge in [-0.2, -0.15) is 4.99 Å². The van der Waals surface area contributed by atoms with Crippen molar-refractivity contribution in [1.82, 2.24) is 4.57 Å². The van der Waals surface area contributed by atoms with E-state index < -0.39 is 5.91 Å². The first kappa shape index (κ1) is 20.7. The van der Waals surface area contributed by atoms with E-state index in [0.29, 0.717) is 26.7 Å². The molecular formula is C26H19N3O3S. The number of benzene rings is 3. The topological polar surface area (TPSA) is 76.2 Å². The first-order valence-corrected chi connectivity index (χ1v) is 11.0.